The van der Waals surface area contributed by atoms with Crippen LogP contribution in [0.1, 0.15) is 245 Å². The molecule has 0 radical (unpaired) electrons. The van der Waals surface area contributed by atoms with Gasteiger partial charge in [0.25, 0.3) is 0 Å². The number of hydrogen-bond donors (Lipinski definition) is 4. The third-order valence-corrected chi connectivity index (χ3v) is 12.4. The third-order valence-electron chi connectivity index (χ3n) is 11.4. The van der Waals surface area contributed by atoms with E-state index in [0.29, 0.717) is 12.8 Å². The first-order chi connectivity index (χ1) is 31.1. The molecule has 11 nitrogen and oxygen atoms in total. The van der Waals surface area contributed by atoms with Crippen LogP contribution < -0.4 is 5.32 Å². The molecule has 0 aliphatic heterocycles. The maximum Gasteiger partial charge on any atom is 0.472 e. The molecule has 4 N–H and O–H groups in total. The van der Waals surface area contributed by atoms with Gasteiger partial charge in [0, 0.05) is 12.8 Å². The van der Waals surface area contributed by atoms with Crippen LogP contribution in [0.2, 0.25) is 0 Å². The van der Waals surface area contributed by atoms with Gasteiger partial charge in [0.05, 0.1) is 13.2 Å². The molecule has 12 heteroatoms. The molecule has 0 aromatic carbocycles. The van der Waals surface area contributed by atoms with Crippen molar-refractivity contribution in [1.82, 2.24) is 5.32 Å². The first-order valence-corrected chi connectivity index (χ1v) is 27.5. The number of unbranched alkanes of at least 4 members (excludes halogenated alkanes) is 29. The molecule has 64 heavy (non-hydrogen) atoms. The number of phosphoric ester groups is 1. The van der Waals surface area contributed by atoms with Crippen LogP contribution in [0, 0.1) is 0 Å². The SMILES string of the molecule is CCCCC/C=C\C/C=C\CCCCCCCCCCCCCCCC(=O)OCC(O)COP(=O)(O)OCC(NC(=O)CCCCCCCCC/C=C\CCCCCCCC)C(=O)O. The average molecular weight is 926 g/mol. The summed E-state index contributed by atoms with van der Waals surface area (Å²) in [5.74, 6) is -2.37. The number of aliphatic hydroxyl groups is 1. The van der Waals surface area contributed by atoms with Gasteiger partial charge in [0.15, 0.2) is 6.04 Å². The summed E-state index contributed by atoms with van der Waals surface area (Å²) in [5, 5.41) is 21.9. The van der Waals surface area contributed by atoms with Crippen molar-refractivity contribution in [3.63, 3.8) is 0 Å². The zero-order valence-electron chi connectivity index (χ0n) is 40.8. The summed E-state index contributed by atoms with van der Waals surface area (Å²) in [7, 11) is -4.76. The molecule has 0 aliphatic carbocycles. The Balaban J connectivity index is 3.79. The van der Waals surface area contributed by atoms with Gasteiger partial charge in [-0.3, -0.25) is 18.6 Å². The Labute approximate surface area is 391 Å². The number of aliphatic carboxylic acids is 1. The lowest BCUT2D eigenvalue weighted by molar-refractivity contribution is -0.147. The quantitative estimate of drug-likeness (QED) is 0.0199. The highest BCUT2D eigenvalue weighted by molar-refractivity contribution is 7.47. The average Bonchev–Trinajstić information content (AvgIpc) is 3.27. The van der Waals surface area contributed by atoms with Gasteiger partial charge in [-0.05, 0) is 70.6 Å². The number of phosphoric acid groups is 1. The van der Waals surface area contributed by atoms with Crippen LogP contribution in [0.15, 0.2) is 36.5 Å². The molecule has 0 fully saturated rings. The van der Waals surface area contributed by atoms with Crippen LogP contribution in [0.3, 0.4) is 0 Å². The highest BCUT2D eigenvalue weighted by Gasteiger charge is 2.28. The molecule has 0 aromatic heterocycles. The van der Waals surface area contributed by atoms with Crippen molar-refractivity contribution in [1.29, 1.82) is 0 Å². The number of carboxylic acids is 1. The lowest BCUT2D eigenvalue weighted by Gasteiger charge is -2.18. The molecule has 3 atom stereocenters. The van der Waals surface area contributed by atoms with Gasteiger partial charge in [-0.15, -0.1) is 0 Å². The molecular weight excluding hydrogens is 830 g/mol. The minimum Gasteiger partial charge on any atom is -0.480 e. The number of nitrogens with one attached hydrogen (secondary N) is 1. The van der Waals surface area contributed by atoms with Crippen molar-refractivity contribution in [2.24, 2.45) is 0 Å². The summed E-state index contributed by atoms with van der Waals surface area (Å²) in [5.41, 5.74) is 0. The van der Waals surface area contributed by atoms with E-state index in [-0.39, 0.29) is 12.8 Å². The molecular formula is C52H96NO10P. The van der Waals surface area contributed by atoms with Crippen molar-refractivity contribution in [3.05, 3.63) is 36.5 Å². The molecule has 0 spiro atoms. The van der Waals surface area contributed by atoms with Crippen LogP contribution in [0.5, 0.6) is 0 Å². The van der Waals surface area contributed by atoms with Gasteiger partial charge < -0.3 is 25.2 Å². The van der Waals surface area contributed by atoms with Crippen molar-refractivity contribution >= 4 is 25.7 Å². The third kappa shape index (κ3) is 46.2. The van der Waals surface area contributed by atoms with Crippen molar-refractivity contribution < 1.29 is 47.8 Å². The number of allylic oxidation sites excluding steroid dienone is 6. The zero-order valence-corrected chi connectivity index (χ0v) is 41.7. The largest absolute Gasteiger partial charge is 0.480 e. The number of carbonyl (C=O) groups is 3. The Morgan fingerprint density at radius 3 is 1.31 bits per heavy atom. The number of esters is 1. The fourth-order valence-corrected chi connectivity index (χ4v) is 8.11. The van der Waals surface area contributed by atoms with Crippen LogP contribution in [-0.4, -0.2) is 64.9 Å². The molecule has 1 amide bonds. The number of carbonyl (C=O) groups excluding carboxylic acids is 2. The van der Waals surface area contributed by atoms with Crippen molar-refractivity contribution in [2.45, 2.75) is 257 Å². The lowest BCUT2D eigenvalue weighted by atomic mass is 10.0. The first kappa shape index (κ1) is 61.7. The van der Waals surface area contributed by atoms with Gasteiger partial charge in [-0.25, -0.2) is 9.36 Å². The van der Waals surface area contributed by atoms with E-state index in [0.717, 1.165) is 57.8 Å². The standard InChI is InChI=1S/C52H96NO10P/c1-3-5-7-9-11-13-15-17-19-21-22-23-24-25-26-28-30-32-34-36-38-40-42-44-51(56)61-45-48(54)46-62-64(59,60)63-47-49(52(57)58)53-50(55)43-41-39-37-35-33-31-29-27-20-18-16-14-12-10-8-6-4-2/h11,13,17-20,48-49,54H,3-10,12,14-16,21-47H2,1-2H3,(H,53,55)(H,57,58)(H,59,60)/b13-11-,19-17-,20-18-. The van der Waals surface area contributed by atoms with E-state index in [1.54, 1.807) is 0 Å². The Kier molecular flexibility index (Phi) is 45.5. The number of rotatable bonds is 49. The van der Waals surface area contributed by atoms with Crippen LogP contribution in [0.25, 0.3) is 0 Å². The number of amides is 1. The fraction of sp³-hybridized carbons (Fsp3) is 0.827. The second-order valence-corrected chi connectivity index (χ2v) is 19.2. The predicted octanol–water partition coefficient (Wildman–Crippen LogP) is 14.3. The molecule has 0 aromatic rings. The molecule has 0 saturated carbocycles. The van der Waals surface area contributed by atoms with E-state index >= 15 is 0 Å². The highest BCUT2D eigenvalue weighted by atomic mass is 31.2. The van der Waals surface area contributed by atoms with E-state index in [2.05, 4.69) is 55.6 Å². The fourth-order valence-electron chi connectivity index (χ4n) is 7.34. The summed E-state index contributed by atoms with van der Waals surface area (Å²) >= 11 is 0. The van der Waals surface area contributed by atoms with Gasteiger partial charge in [0.2, 0.25) is 5.91 Å². The molecule has 0 bridgehead atoms. The van der Waals surface area contributed by atoms with Crippen LogP contribution >= 0.6 is 7.82 Å². The summed E-state index contributed by atoms with van der Waals surface area (Å²) in [6.07, 6.45) is 53.1. The van der Waals surface area contributed by atoms with E-state index in [1.807, 2.05) is 0 Å². The summed E-state index contributed by atoms with van der Waals surface area (Å²) in [6.45, 7) is 2.60. The Bertz CT molecular complexity index is 1220. The molecule has 0 rings (SSSR count). The number of aliphatic hydroxyl groups excluding tert-OH is 1. The number of hydrogen-bond acceptors (Lipinski definition) is 8. The maximum absolute atomic E-state index is 12.3. The van der Waals surface area contributed by atoms with Gasteiger partial charge in [0.1, 0.15) is 12.7 Å². The van der Waals surface area contributed by atoms with Gasteiger partial charge in [-0.1, -0.05) is 198 Å². The Morgan fingerprint density at radius 1 is 0.500 bits per heavy atom. The van der Waals surface area contributed by atoms with Crippen molar-refractivity contribution in [2.75, 3.05) is 19.8 Å². The monoisotopic (exact) mass is 926 g/mol. The smallest absolute Gasteiger partial charge is 0.472 e. The first-order valence-electron chi connectivity index (χ1n) is 26.0. The van der Waals surface area contributed by atoms with E-state index in [1.165, 1.54) is 148 Å². The second kappa shape index (κ2) is 47.2. The van der Waals surface area contributed by atoms with E-state index < -0.39 is 57.6 Å². The predicted molar refractivity (Wildman–Crippen MR) is 263 cm³/mol. The lowest BCUT2D eigenvalue weighted by Crippen LogP contribution is -2.43. The molecule has 374 valence electrons. The molecule has 0 aliphatic rings. The van der Waals surface area contributed by atoms with Gasteiger partial charge in [-0.2, -0.15) is 0 Å². The molecule has 3 unspecified atom stereocenters. The Morgan fingerprint density at radius 2 is 0.859 bits per heavy atom. The van der Waals surface area contributed by atoms with E-state index in [9.17, 15) is 34.1 Å². The topological polar surface area (TPSA) is 169 Å². The van der Waals surface area contributed by atoms with Crippen LogP contribution in [0.4, 0.5) is 0 Å². The summed E-state index contributed by atoms with van der Waals surface area (Å²) < 4.78 is 27.0. The number of carboxylic acid groups (broad SMARTS) is 1. The Hall–Kier alpha value is -2.30. The number of ether oxygens (including phenoxy) is 1. The van der Waals surface area contributed by atoms with Crippen molar-refractivity contribution in [3.8, 4) is 0 Å². The van der Waals surface area contributed by atoms with Crippen LogP contribution in [-0.2, 0) is 32.7 Å². The zero-order chi connectivity index (χ0) is 47.0. The van der Waals surface area contributed by atoms with E-state index in [4.69, 9.17) is 13.8 Å². The summed E-state index contributed by atoms with van der Waals surface area (Å²) in [4.78, 5) is 46.1. The molecule has 0 heterocycles. The molecule has 0 saturated heterocycles. The second-order valence-electron chi connectivity index (χ2n) is 17.7. The normalized spacial score (nSPS) is 13.8. The summed E-state index contributed by atoms with van der Waals surface area (Å²) in [6, 6.07) is -1.55. The maximum atomic E-state index is 12.3. The minimum absolute atomic E-state index is 0.142. The highest BCUT2D eigenvalue weighted by Crippen LogP contribution is 2.43. The van der Waals surface area contributed by atoms with Gasteiger partial charge >= 0.3 is 19.8 Å². The minimum atomic E-state index is -4.76.